The lowest BCUT2D eigenvalue weighted by Gasteiger charge is -2.12. The van der Waals surface area contributed by atoms with Crippen molar-refractivity contribution in [2.75, 3.05) is 5.32 Å². The molecule has 4 rings (SSSR count). The molecule has 0 atom stereocenters. The van der Waals surface area contributed by atoms with Crippen molar-refractivity contribution in [3.8, 4) is 0 Å². The van der Waals surface area contributed by atoms with E-state index in [4.69, 9.17) is 4.52 Å². The first-order valence-electron chi connectivity index (χ1n) is 9.32. The number of amides is 2. The van der Waals surface area contributed by atoms with E-state index in [1.807, 2.05) is 0 Å². The Labute approximate surface area is 156 Å². The highest BCUT2D eigenvalue weighted by Gasteiger charge is 2.30. The molecule has 1 fully saturated rings. The van der Waals surface area contributed by atoms with Crippen molar-refractivity contribution in [3.05, 3.63) is 33.5 Å². The number of aryl methyl sites for hydroxylation is 2. The molecule has 138 valence electrons. The summed E-state index contributed by atoms with van der Waals surface area (Å²) in [5, 5.41) is 10.4. The standard InChI is InChI=1S/C19H23N3O3S/c1-11-10-14(22-25-11)17(23)21-19-16(18(24)20-12-8-9-12)13-6-4-2-3-5-7-15(13)26-19/h10,12H,2-9H2,1H3,(H,20,24)(H,21,23). The Bertz CT molecular complexity index is 835. The van der Waals surface area contributed by atoms with Crippen LogP contribution in [0.25, 0.3) is 0 Å². The lowest BCUT2D eigenvalue weighted by Crippen LogP contribution is -2.27. The average Bonchev–Trinajstić information content (AvgIpc) is 3.19. The summed E-state index contributed by atoms with van der Waals surface area (Å²) in [5.41, 5.74) is 2.02. The third-order valence-electron chi connectivity index (χ3n) is 4.90. The van der Waals surface area contributed by atoms with E-state index in [1.54, 1.807) is 13.0 Å². The average molecular weight is 373 g/mol. The van der Waals surface area contributed by atoms with E-state index in [2.05, 4.69) is 15.8 Å². The predicted molar refractivity (Wildman–Crippen MR) is 99.9 cm³/mol. The van der Waals surface area contributed by atoms with Gasteiger partial charge in [-0.3, -0.25) is 9.59 Å². The zero-order valence-corrected chi connectivity index (χ0v) is 15.7. The van der Waals surface area contributed by atoms with Crippen molar-refractivity contribution in [1.29, 1.82) is 0 Å². The van der Waals surface area contributed by atoms with Crippen molar-refractivity contribution in [3.63, 3.8) is 0 Å². The van der Waals surface area contributed by atoms with Crippen LogP contribution >= 0.6 is 11.3 Å². The zero-order chi connectivity index (χ0) is 18.1. The van der Waals surface area contributed by atoms with Crippen molar-refractivity contribution in [1.82, 2.24) is 10.5 Å². The highest BCUT2D eigenvalue weighted by Crippen LogP contribution is 2.37. The highest BCUT2D eigenvalue weighted by molar-refractivity contribution is 7.17. The van der Waals surface area contributed by atoms with Gasteiger partial charge in [-0.1, -0.05) is 18.0 Å². The van der Waals surface area contributed by atoms with Gasteiger partial charge in [0.2, 0.25) is 0 Å². The molecule has 0 saturated heterocycles. The summed E-state index contributed by atoms with van der Waals surface area (Å²) in [6.45, 7) is 1.75. The number of carbonyl (C=O) groups is 2. The van der Waals surface area contributed by atoms with E-state index in [1.165, 1.54) is 29.1 Å². The minimum absolute atomic E-state index is 0.0581. The number of rotatable bonds is 4. The number of fused-ring (bicyclic) bond motifs is 1. The Morgan fingerprint density at radius 2 is 1.92 bits per heavy atom. The molecule has 2 aromatic heterocycles. The third kappa shape index (κ3) is 3.67. The van der Waals surface area contributed by atoms with Gasteiger partial charge in [0.15, 0.2) is 5.69 Å². The maximum Gasteiger partial charge on any atom is 0.278 e. The van der Waals surface area contributed by atoms with E-state index in [0.29, 0.717) is 16.3 Å². The summed E-state index contributed by atoms with van der Waals surface area (Å²) < 4.78 is 4.99. The highest BCUT2D eigenvalue weighted by atomic mass is 32.1. The first kappa shape index (κ1) is 17.3. The number of hydrogen-bond donors (Lipinski definition) is 2. The lowest BCUT2D eigenvalue weighted by molar-refractivity contribution is 0.0951. The van der Waals surface area contributed by atoms with E-state index >= 15 is 0 Å². The number of anilines is 1. The van der Waals surface area contributed by atoms with Gasteiger partial charge >= 0.3 is 0 Å². The van der Waals surface area contributed by atoms with Crippen molar-refractivity contribution >= 4 is 28.2 Å². The summed E-state index contributed by atoms with van der Waals surface area (Å²) in [6, 6.07) is 1.89. The Balaban J connectivity index is 1.66. The molecule has 0 bridgehead atoms. The van der Waals surface area contributed by atoms with Crippen LogP contribution in [0.4, 0.5) is 5.00 Å². The second-order valence-electron chi connectivity index (χ2n) is 7.15. The molecule has 6 nitrogen and oxygen atoms in total. The van der Waals surface area contributed by atoms with E-state index < -0.39 is 0 Å². The quantitative estimate of drug-likeness (QED) is 0.853. The van der Waals surface area contributed by atoms with Crippen LogP contribution in [0.5, 0.6) is 0 Å². The second-order valence-corrected chi connectivity index (χ2v) is 8.25. The van der Waals surface area contributed by atoms with E-state index in [-0.39, 0.29) is 23.6 Å². The predicted octanol–water partition coefficient (Wildman–Crippen LogP) is 3.85. The Hall–Kier alpha value is -2.15. The normalized spacial score (nSPS) is 17.1. The lowest BCUT2D eigenvalue weighted by atomic mass is 9.96. The molecule has 2 aliphatic carbocycles. The first-order valence-corrected chi connectivity index (χ1v) is 10.1. The maximum atomic E-state index is 12.9. The molecule has 2 N–H and O–H groups in total. The Kier molecular flexibility index (Phi) is 4.80. The number of nitrogens with zero attached hydrogens (tertiary/aromatic N) is 1. The van der Waals surface area contributed by atoms with Gasteiger partial charge in [-0.2, -0.15) is 0 Å². The molecule has 0 unspecified atom stereocenters. The van der Waals surface area contributed by atoms with Crippen LogP contribution in [0.1, 0.15) is 75.6 Å². The smallest absolute Gasteiger partial charge is 0.278 e. The molecular formula is C19H23N3O3S. The molecule has 0 aromatic carbocycles. The number of hydrogen-bond acceptors (Lipinski definition) is 5. The molecule has 1 saturated carbocycles. The SMILES string of the molecule is Cc1cc(C(=O)Nc2sc3c(c2C(=O)NC2CC2)CCCCCC3)no1. The molecule has 2 aromatic rings. The van der Waals surface area contributed by atoms with Crippen molar-refractivity contribution in [2.24, 2.45) is 0 Å². The van der Waals surface area contributed by atoms with Gasteiger partial charge in [-0.25, -0.2) is 0 Å². The van der Waals surface area contributed by atoms with Crippen molar-refractivity contribution in [2.45, 2.75) is 64.3 Å². The van der Waals surface area contributed by atoms with E-state index in [9.17, 15) is 9.59 Å². The molecule has 2 heterocycles. The van der Waals surface area contributed by atoms with Crippen molar-refractivity contribution < 1.29 is 14.1 Å². The minimum atomic E-state index is -0.337. The monoisotopic (exact) mass is 373 g/mol. The van der Waals surface area contributed by atoms with Gasteiger partial charge in [-0.05, 0) is 51.0 Å². The largest absolute Gasteiger partial charge is 0.361 e. The van der Waals surface area contributed by atoms with Crippen LogP contribution in [0.3, 0.4) is 0 Å². The number of thiophene rings is 1. The van der Waals surface area contributed by atoms with Crippen LogP contribution in [0.2, 0.25) is 0 Å². The fourth-order valence-corrected chi connectivity index (χ4v) is 4.66. The van der Waals surface area contributed by atoms with Gasteiger partial charge in [0.1, 0.15) is 10.8 Å². The summed E-state index contributed by atoms with van der Waals surface area (Å²) >= 11 is 1.54. The molecule has 0 spiro atoms. The van der Waals surface area contributed by atoms with Gasteiger partial charge in [-0.15, -0.1) is 11.3 Å². The van der Waals surface area contributed by atoms with Crippen LogP contribution in [-0.2, 0) is 12.8 Å². The number of aromatic nitrogens is 1. The molecule has 0 radical (unpaired) electrons. The minimum Gasteiger partial charge on any atom is -0.361 e. The first-order chi connectivity index (χ1) is 12.6. The molecule has 2 aliphatic rings. The zero-order valence-electron chi connectivity index (χ0n) is 14.9. The molecule has 26 heavy (non-hydrogen) atoms. The number of nitrogens with one attached hydrogen (secondary N) is 2. The second kappa shape index (κ2) is 7.23. The molecule has 0 aliphatic heterocycles. The Morgan fingerprint density at radius 3 is 2.62 bits per heavy atom. The molecule has 7 heteroatoms. The summed E-state index contributed by atoms with van der Waals surface area (Å²) in [7, 11) is 0. The van der Waals surface area contributed by atoms with Crippen LogP contribution in [-0.4, -0.2) is 23.0 Å². The topological polar surface area (TPSA) is 84.2 Å². The summed E-state index contributed by atoms with van der Waals surface area (Å²) in [5.74, 6) is 0.189. The molecule has 2 amide bonds. The maximum absolute atomic E-state index is 12.9. The summed E-state index contributed by atoms with van der Waals surface area (Å²) in [4.78, 5) is 26.6. The van der Waals surface area contributed by atoms with Gasteiger partial charge in [0.05, 0.1) is 5.56 Å². The fraction of sp³-hybridized carbons (Fsp3) is 0.526. The van der Waals surface area contributed by atoms with Gasteiger partial charge in [0, 0.05) is 17.0 Å². The number of carbonyl (C=O) groups excluding carboxylic acids is 2. The van der Waals surface area contributed by atoms with Gasteiger partial charge in [0.25, 0.3) is 11.8 Å². The van der Waals surface area contributed by atoms with Crippen LogP contribution < -0.4 is 10.6 Å². The Morgan fingerprint density at radius 1 is 1.15 bits per heavy atom. The summed E-state index contributed by atoms with van der Waals surface area (Å²) in [6.07, 6.45) is 8.59. The van der Waals surface area contributed by atoms with Crippen LogP contribution in [0.15, 0.2) is 10.6 Å². The third-order valence-corrected chi connectivity index (χ3v) is 6.11. The van der Waals surface area contributed by atoms with Crippen LogP contribution in [0, 0.1) is 6.92 Å². The molecular weight excluding hydrogens is 350 g/mol. The van der Waals surface area contributed by atoms with Gasteiger partial charge < -0.3 is 15.2 Å². The fourth-order valence-electron chi connectivity index (χ4n) is 3.37. The van der Waals surface area contributed by atoms with E-state index in [0.717, 1.165) is 44.1 Å².